The van der Waals surface area contributed by atoms with Crippen LogP contribution in [0.5, 0.6) is 0 Å². The van der Waals surface area contributed by atoms with Crippen LogP contribution in [-0.4, -0.2) is 18.0 Å². The van der Waals surface area contributed by atoms with Gasteiger partial charge in [0.15, 0.2) is 0 Å². The predicted octanol–water partition coefficient (Wildman–Crippen LogP) is 0.425. The van der Waals surface area contributed by atoms with E-state index < -0.39 is 0 Å². The minimum atomic E-state index is 0.101. The van der Waals surface area contributed by atoms with Crippen LogP contribution in [0, 0.1) is 0 Å². The molecule has 0 spiro atoms. The van der Waals surface area contributed by atoms with Crippen LogP contribution in [0.25, 0.3) is 0 Å². The number of hydrogen-bond acceptors (Lipinski definition) is 2. The standard InChI is InChI=1S/C6H9O2/c1-6(2-4-7)3-5-8/h2,8H,3,5H2,1H3. The van der Waals surface area contributed by atoms with Gasteiger partial charge in [-0.15, -0.1) is 0 Å². The molecule has 1 radical (unpaired) electrons. The first-order valence-electron chi connectivity index (χ1n) is 2.45. The van der Waals surface area contributed by atoms with E-state index in [2.05, 4.69) is 0 Å². The van der Waals surface area contributed by atoms with Crippen LogP contribution in [0.1, 0.15) is 13.3 Å². The summed E-state index contributed by atoms with van der Waals surface area (Å²) in [5, 5.41) is 8.29. The molecule has 0 aliphatic rings. The maximum atomic E-state index is 9.61. The zero-order valence-corrected chi connectivity index (χ0v) is 4.85. The predicted molar refractivity (Wildman–Crippen MR) is 31.2 cm³/mol. The second-order valence-corrected chi connectivity index (χ2v) is 1.58. The number of hydrogen-bond donors (Lipinski definition) is 1. The number of aliphatic hydroxyl groups excluding tert-OH is 1. The van der Waals surface area contributed by atoms with Crippen molar-refractivity contribution in [3.05, 3.63) is 11.6 Å². The minimum absolute atomic E-state index is 0.101. The quantitative estimate of drug-likeness (QED) is 0.539. The van der Waals surface area contributed by atoms with Gasteiger partial charge in [0.25, 0.3) is 0 Å². The summed E-state index contributed by atoms with van der Waals surface area (Å²) in [7, 11) is 0. The Hall–Kier alpha value is -0.630. The van der Waals surface area contributed by atoms with E-state index in [4.69, 9.17) is 5.11 Å². The summed E-state index contributed by atoms with van der Waals surface area (Å²) in [6.07, 6.45) is 3.52. The van der Waals surface area contributed by atoms with Crippen LogP contribution in [0.3, 0.4) is 0 Å². The Kier molecular flexibility index (Phi) is 4.17. The average Bonchev–Trinajstić information content (AvgIpc) is 1.68. The lowest BCUT2D eigenvalue weighted by atomic mass is 10.2. The van der Waals surface area contributed by atoms with Crippen molar-refractivity contribution in [1.29, 1.82) is 0 Å². The number of rotatable bonds is 3. The van der Waals surface area contributed by atoms with Crippen molar-refractivity contribution in [3.63, 3.8) is 0 Å². The molecule has 0 fully saturated rings. The first-order chi connectivity index (χ1) is 3.81. The summed E-state index contributed by atoms with van der Waals surface area (Å²) in [4.78, 5) is 9.61. The van der Waals surface area contributed by atoms with Crippen LogP contribution >= 0.6 is 0 Å². The third-order valence-corrected chi connectivity index (χ3v) is 0.811. The molecule has 8 heavy (non-hydrogen) atoms. The molecule has 0 aromatic heterocycles. The Labute approximate surface area is 48.8 Å². The molecule has 0 saturated heterocycles. The third kappa shape index (κ3) is 3.56. The lowest BCUT2D eigenvalue weighted by Crippen LogP contribution is -1.83. The lowest BCUT2D eigenvalue weighted by molar-refractivity contribution is 0.299. The third-order valence-electron chi connectivity index (χ3n) is 0.811. The molecule has 0 aliphatic heterocycles. The van der Waals surface area contributed by atoms with Gasteiger partial charge in [-0.25, -0.2) is 0 Å². The summed E-state index contributed by atoms with van der Waals surface area (Å²) in [6, 6.07) is 0. The molecule has 45 valence electrons. The molecule has 0 aromatic rings. The molecule has 0 amide bonds. The van der Waals surface area contributed by atoms with Gasteiger partial charge in [-0.3, -0.25) is 4.79 Å². The molecule has 2 nitrogen and oxygen atoms in total. The Morgan fingerprint density at radius 2 is 2.50 bits per heavy atom. The summed E-state index contributed by atoms with van der Waals surface area (Å²) in [5.74, 6) is 0. The number of carbonyl (C=O) groups excluding carboxylic acids is 1. The molecule has 0 heterocycles. The molecule has 0 rings (SSSR count). The van der Waals surface area contributed by atoms with E-state index in [9.17, 15) is 4.79 Å². The Morgan fingerprint density at radius 1 is 1.88 bits per heavy atom. The van der Waals surface area contributed by atoms with Gasteiger partial charge in [-0.05, 0) is 19.4 Å². The number of aliphatic hydroxyl groups is 1. The fraction of sp³-hybridized carbons (Fsp3) is 0.500. The molecular weight excluding hydrogens is 104 g/mol. The van der Waals surface area contributed by atoms with E-state index in [0.29, 0.717) is 6.42 Å². The van der Waals surface area contributed by atoms with Gasteiger partial charge in [0.1, 0.15) is 0 Å². The molecule has 0 unspecified atom stereocenters. The van der Waals surface area contributed by atoms with Crippen LogP contribution in [0.2, 0.25) is 0 Å². The highest BCUT2D eigenvalue weighted by Crippen LogP contribution is 1.94. The lowest BCUT2D eigenvalue weighted by Gasteiger charge is -1.89. The Morgan fingerprint density at radius 3 is 2.88 bits per heavy atom. The smallest absolute Gasteiger partial charge is 0.225 e. The molecule has 1 N–H and O–H groups in total. The zero-order valence-electron chi connectivity index (χ0n) is 4.85. The molecule has 2 heteroatoms. The van der Waals surface area contributed by atoms with Gasteiger partial charge >= 0.3 is 0 Å². The second kappa shape index (κ2) is 4.53. The van der Waals surface area contributed by atoms with Gasteiger partial charge in [-0.1, -0.05) is 5.57 Å². The second-order valence-electron chi connectivity index (χ2n) is 1.58. The summed E-state index contributed by atoms with van der Waals surface area (Å²) in [5.41, 5.74) is 0.863. The molecule has 0 saturated carbocycles. The van der Waals surface area contributed by atoms with Crippen LogP contribution in [0.4, 0.5) is 0 Å². The van der Waals surface area contributed by atoms with Crippen LogP contribution < -0.4 is 0 Å². The fourth-order valence-corrected chi connectivity index (χ4v) is 0.349. The first kappa shape index (κ1) is 7.37. The van der Waals surface area contributed by atoms with Crippen molar-refractivity contribution in [2.75, 3.05) is 6.61 Å². The van der Waals surface area contributed by atoms with Crippen LogP contribution in [0.15, 0.2) is 11.6 Å². The summed E-state index contributed by atoms with van der Waals surface area (Å²) in [6.45, 7) is 1.88. The SMILES string of the molecule is CC(=C[C]=O)CCO. The molecule has 0 aromatic carbocycles. The highest BCUT2D eigenvalue weighted by molar-refractivity contribution is 5.66. The normalized spacial score (nSPS) is 11.5. The molecule has 0 aliphatic carbocycles. The average molecular weight is 113 g/mol. The van der Waals surface area contributed by atoms with Gasteiger partial charge in [0, 0.05) is 6.61 Å². The van der Waals surface area contributed by atoms with E-state index in [0.717, 1.165) is 5.57 Å². The largest absolute Gasteiger partial charge is 0.396 e. The van der Waals surface area contributed by atoms with Crippen molar-refractivity contribution >= 4 is 6.29 Å². The van der Waals surface area contributed by atoms with E-state index >= 15 is 0 Å². The van der Waals surface area contributed by atoms with Gasteiger partial charge in [0.2, 0.25) is 6.29 Å². The molecule has 0 bridgehead atoms. The van der Waals surface area contributed by atoms with Crippen molar-refractivity contribution in [3.8, 4) is 0 Å². The van der Waals surface area contributed by atoms with Gasteiger partial charge in [-0.2, -0.15) is 0 Å². The van der Waals surface area contributed by atoms with E-state index in [1.165, 1.54) is 6.08 Å². The highest BCUT2D eigenvalue weighted by atomic mass is 16.2. The fourth-order valence-electron chi connectivity index (χ4n) is 0.349. The van der Waals surface area contributed by atoms with Crippen molar-refractivity contribution in [2.24, 2.45) is 0 Å². The molecule has 0 atom stereocenters. The zero-order chi connectivity index (χ0) is 6.41. The van der Waals surface area contributed by atoms with E-state index in [1.54, 1.807) is 13.2 Å². The van der Waals surface area contributed by atoms with Crippen molar-refractivity contribution < 1.29 is 9.90 Å². The minimum Gasteiger partial charge on any atom is -0.396 e. The summed E-state index contributed by atoms with van der Waals surface area (Å²) >= 11 is 0. The highest BCUT2D eigenvalue weighted by Gasteiger charge is 1.84. The monoisotopic (exact) mass is 113 g/mol. The van der Waals surface area contributed by atoms with Crippen molar-refractivity contribution in [2.45, 2.75) is 13.3 Å². The van der Waals surface area contributed by atoms with E-state index in [-0.39, 0.29) is 6.61 Å². The topological polar surface area (TPSA) is 37.3 Å². The Bertz CT molecular complexity index is 94.7. The Balaban J connectivity index is 3.44. The number of allylic oxidation sites excluding steroid dienone is 1. The van der Waals surface area contributed by atoms with E-state index in [1.807, 2.05) is 0 Å². The summed E-state index contributed by atoms with van der Waals surface area (Å²) < 4.78 is 0. The van der Waals surface area contributed by atoms with Crippen molar-refractivity contribution in [1.82, 2.24) is 0 Å². The van der Waals surface area contributed by atoms with Gasteiger partial charge < -0.3 is 5.11 Å². The van der Waals surface area contributed by atoms with Crippen LogP contribution in [-0.2, 0) is 4.79 Å². The maximum absolute atomic E-state index is 9.61. The maximum Gasteiger partial charge on any atom is 0.225 e. The van der Waals surface area contributed by atoms with Gasteiger partial charge in [0.05, 0.1) is 0 Å². The first-order valence-corrected chi connectivity index (χ1v) is 2.45. The molecular formula is C6H9O2.